The van der Waals surface area contributed by atoms with E-state index in [9.17, 15) is 9.59 Å². The first-order valence-corrected chi connectivity index (χ1v) is 10.00. The lowest BCUT2D eigenvalue weighted by atomic mass is 10.2. The summed E-state index contributed by atoms with van der Waals surface area (Å²) in [5, 5.41) is 2.61. The zero-order chi connectivity index (χ0) is 22.5. The Morgan fingerprint density at radius 3 is 1.53 bits per heavy atom. The Balaban J connectivity index is 3.15. The van der Waals surface area contributed by atoms with Gasteiger partial charge in [0.05, 0.1) is 66.1 Å². The molecular weight excluding hydrogens is 398 g/mol. The number of hydrogen-bond acceptors (Lipinski definition) is 9. The minimum atomic E-state index is -0.508. The van der Waals surface area contributed by atoms with Crippen molar-refractivity contribution in [3.8, 4) is 0 Å². The maximum atomic E-state index is 11.4. The zero-order valence-corrected chi connectivity index (χ0v) is 18.4. The minimum absolute atomic E-state index is 0.196. The highest BCUT2D eigenvalue weighted by atomic mass is 16.6. The maximum absolute atomic E-state index is 11.4. The van der Waals surface area contributed by atoms with Crippen molar-refractivity contribution >= 4 is 12.1 Å². The molecule has 0 spiro atoms. The van der Waals surface area contributed by atoms with Gasteiger partial charge in [0.2, 0.25) is 0 Å². The van der Waals surface area contributed by atoms with Crippen LogP contribution in [0.2, 0.25) is 0 Å². The molecule has 1 amide bonds. The molecule has 0 aromatic rings. The lowest BCUT2D eigenvalue weighted by Crippen LogP contribution is -2.34. The Labute approximate surface area is 179 Å². The summed E-state index contributed by atoms with van der Waals surface area (Å²) in [6.07, 6.45) is 0.652. The van der Waals surface area contributed by atoms with Crippen LogP contribution in [0.4, 0.5) is 4.79 Å². The first kappa shape index (κ1) is 28.3. The molecule has 0 aliphatic carbocycles. The van der Waals surface area contributed by atoms with E-state index in [0.717, 1.165) is 6.08 Å². The van der Waals surface area contributed by atoms with E-state index >= 15 is 0 Å². The van der Waals surface area contributed by atoms with Crippen molar-refractivity contribution in [3.05, 3.63) is 12.7 Å². The summed E-state index contributed by atoms with van der Waals surface area (Å²) in [5.41, 5.74) is -0.508. The summed E-state index contributed by atoms with van der Waals surface area (Å²) in [7, 11) is 0. The second kappa shape index (κ2) is 19.3. The van der Waals surface area contributed by atoms with Crippen LogP contribution in [0.5, 0.6) is 0 Å². The van der Waals surface area contributed by atoms with Crippen LogP contribution in [-0.4, -0.2) is 96.9 Å². The van der Waals surface area contributed by atoms with Gasteiger partial charge < -0.3 is 38.5 Å². The Hall–Kier alpha value is -1.72. The third-order valence-electron chi connectivity index (χ3n) is 3.04. The van der Waals surface area contributed by atoms with E-state index in [0.29, 0.717) is 72.6 Å². The number of esters is 1. The number of rotatable bonds is 19. The van der Waals surface area contributed by atoms with Crippen LogP contribution in [0.3, 0.4) is 0 Å². The SMILES string of the molecule is C=CC(=O)OCCOCCOCCOCCOCCOCCNC(=O)OC(C)(C)C. The smallest absolute Gasteiger partial charge is 0.407 e. The molecule has 0 saturated carbocycles. The van der Waals surface area contributed by atoms with Gasteiger partial charge in [0.25, 0.3) is 0 Å². The van der Waals surface area contributed by atoms with Crippen LogP contribution >= 0.6 is 0 Å². The molecule has 0 bridgehead atoms. The Kier molecular flexibility index (Phi) is 18.2. The molecule has 10 heteroatoms. The molecule has 0 aromatic carbocycles. The highest BCUT2D eigenvalue weighted by Crippen LogP contribution is 2.05. The summed E-state index contributed by atoms with van der Waals surface area (Å²) in [6.45, 7) is 13.6. The van der Waals surface area contributed by atoms with Gasteiger partial charge in [0.15, 0.2) is 0 Å². The molecule has 0 radical (unpaired) electrons. The fraction of sp³-hybridized carbons (Fsp3) is 0.800. The molecule has 0 saturated heterocycles. The van der Waals surface area contributed by atoms with Crippen molar-refractivity contribution < 1.29 is 42.7 Å². The maximum Gasteiger partial charge on any atom is 0.407 e. The van der Waals surface area contributed by atoms with E-state index < -0.39 is 17.7 Å². The molecule has 0 heterocycles. The second-order valence-corrected chi connectivity index (χ2v) is 6.86. The molecule has 0 atom stereocenters. The Morgan fingerprint density at radius 1 is 0.733 bits per heavy atom. The highest BCUT2D eigenvalue weighted by molar-refractivity contribution is 5.81. The summed E-state index contributed by atoms with van der Waals surface area (Å²) >= 11 is 0. The molecule has 30 heavy (non-hydrogen) atoms. The van der Waals surface area contributed by atoms with E-state index in [1.165, 1.54) is 0 Å². The van der Waals surface area contributed by atoms with Crippen LogP contribution in [0, 0.1) is 0 Å². The number of nitrogens with one attached hydrogen (secondary N) is 1. The quantitative estimate of drug-likeness (QED) is 0.182. The summed E-state index contributed by atoms with van der Waals surface area (Å²) < 4.78 is 36.5. The van der Waals surface area contributed by atoms with Gasteiger partial charge >= 0.3 is 12.1 Å². The molecule has 176 valence electrons. The lowest BCUT2D eigenvalue weighted by Gasteiger charge is -2.19. The number of carbonyl (C=O) groups excluding carboxylic acids is 2. The number of alkyl carbamates (subject to hydrolysis) is 1. The molecule has 0 aliphatic rings. The van der Waals surface area contributed by atoms with Crippen molar-refractivity contribution in [1.82, 2.24) is 5.32 Å². The number of hydrogen-bond donors (Lipinski definition) is 1. The average molecular weight is 436 g/mol. The summed E-state index contributed by atoms with van der Waals surface area (Å²) in [6, 6.07) is 0. The average Bonchev–Trinajstić information content (AvgIpc) is 2.68. The Morgan fingerprint density at radius 2 is 1.13 bits per heavy atom. The monoisotopic (exact) mass is 435 g/mol. The molecule has 0 rings (SSSR count). The van der Waals surface area contributed by atoms with Crippen LogP contribution in [-0.2, 0) is 38.0 Å². The summed E-state index contributed by atoms with van der Waals surface area (Å²) in [4.78, 5) is 22.2. The van der Waals surface area contributed by atoms with Crippen LogP contribution < -0.4 is 5.32 Å². The molecule has 0 fully saturated rings. The molecule has 10 nitrogen and oxygen atoms in total. The third kappa shape index (κ3) is 22.6. The van der Waals surface area contributed by atoms with Gasteiger partial charge in [-0.05, 0) is 20.8 Å². The van der Waals surface area contributed by atoms with E-state index in [2.05, 4.69) is 11.9 Å². The topological polar surface area (TPSA) is 111 Å². The van der Waals surface area contributed by atoms with Gasteiger partial charge in [-0.25, -0.2) is 9.59 Å². The van der Waals surface area contributed by atoms with Crippen LogP contribution in [0.15, 0.2) is 12.7 Å². The van der Waals surface area contributed by atoms with Crippen molar-refractivity contribution in [1.29, 1.82) is 0 Å². The minimum Gasteiger partial charge on any atom is -0.460 e. The predicted octanol–water partition coefficient (Wildman–Crippen LogP) is 1.32. The zero-order valence-electron chi connectivity index (χ0n) is 18.4. The van der Waals surface area contributed by atoms with Crippen molar-refractivity contribution in [2.24, 2.45) is 0 Å². The van der Waals surface area contributed by atoms with Gasteiger partial charge in [-0.2, -0.15) is 0 Å². The highest BCUT2D eigenvalue weighted by Gasteiger charge is 2.15. The fourth-order valence-electron chi connectivity index (χ4n) is 1.78. The molecule has 0 unspecified atom stereocenters. The van der Waals surface area contributed by atoms with E-state index in [1.807, 2.05) is 20.8 Å². The van der Waals surface area contributed by atoms with Gasteiger partial charge in [0.1, 0.15) is 12.2 Å². The largest absolute Gasteiger partial charge is 0.460 e. The number of ether oxygens (including phenoxy) is 7. The first-order chi connectivity index (χ1) is 14.3. The lowest BCUT2D eigenvalue weighted by molar-refractivity contribution is -0.139. The molecule has 1 N–H and O–H groups in total. The summed E-state index contributed by atoms with van der Waals surface area (Å²) in [5.74, 6) is -0.462. The van der Waals surface area contributed by atoms with Gasteiger partial charge in [-0.3, -0.25) is 0 Å². The van der Waals surface area contributed by atoms with Crippen molar-refractivity contribution in [2.75, 3.05) is 79.2 Å². The van der Waals surface area contributed by atoms with Gasteiger partial charge in [0, 0.05) is 12.6 Å². The van der Waals surface area contributed by atoms with Crippen molar-refractivity contribution in [2.45, 2.75) is 26.4 Å². The molecule has 0 aromatic heterocycles. The fourth-order valence-corrected chi connectivity index (χ4v) is 1.78. The first-order valence-electron chi connectivity index (χ1n) is 10.00. The van der Waals surface area contributed by atoms with Crippen LogP contribution in [0.1, 0.15) is 20.8 Å². The van der Waals surface area contributed by atoms with Crippen molar-refractivity contribution in [3.63, 3.8) is 0 Å². The second-order valence-electron chi connectivity index (χ2n) is 6.86. The van der Waals surface area contributed by atoms with Gasteiger partial charge in [-0.1, -0.05) is 6.58 Å². The van der Waals surface area contributed by atoms with E-state index in [-0.39, 0.29) is 6.61 Å². The normalized spacial score (nSPS) is 11.2. The van der Waals surface area contributed by atoms with Crippen LogP contribution in [0.25, 0.3) is 0 Å². The molecule has 0 aliphatic heterocycles. The standard InChI is InChI=1S/C20H37NO9/c1-5-18(22)29-17-16-28-15-14-27-13-12-26-11-10-25-9-8-24-7-6-21-19(23)30-20(2,3)4/h5H,1,6-17H2,2-4H3,(H,21,23). The third-order valence-corrected chi connectivity index (χ3v) is 3.04. The number of carbonyl (C=O) groups is 2. The van der Waals surface area contributed by atoms with Gasteiger partial charge in [-0.15, -0.1) is 0 Å². The Bertz CT molecular complexity index is 452. The molecular formula is C20H37NO9. The van der Waals surface area contributed by atoms with E-state index in [1.54, 1.807) is 0 Å². The van der Waals surface area contributed by atoms with E-state index in [4.69, 9.17) is 33.2 Å². The predicted molar refractivity (Wildman–Crippen MR) is 109 cm³/mol. The number of amides is 1.